The second-order valence-corrected chi connectivity index (χ2v) is 7.86. The average Bonchev–Trinajstić information content (AvgIpc) is 2.44. The molecule has 24 heavy (non-hydrogen) atoms. The number of piperidine rings is 1. The van der Waals surface area contributed by atoms with E-state index in [1.807, 2.05) is 25.7 Å². The molecule has 132 valence electrons. The maximum atomic E-state index is 12.6. The fraction of sp³-hybridized carbons (Fsp3) is 0.579. The Hall–Kier alpha value is -2.04. The molecule has 1 saturated heterocycles. The quantitative estimate of drug-likeness (QED) is 0.885. The van der Waals surface area contributed by atoms with Crippen LogP contribution >= 0.6 is 0 Å². The van der Waals surface area contributed by atoms with Crippen LogP contribution in [0.4, 0.5) is 10.5 Å². The van der Waals surface area contributed by atoms with E-state index >= 15 is 0 Å². The first-order valence-corrected chi connectivity index (χ1v) is 8.53. The summed E-state index contributed by atoms with van der Waals surface area (Å²) in [5.74, 6) is 1.12. The van der Waals surface area contributed by atoms with Crippen LogP contribution < -0.4 is 5.32 Å². The second-order valence-electron chi connectivity index (χ2n) is 7.86. The van der Waals surface area contributed by atoms with Gasteiger partial charge < -0.3 is 9.64 Å². The molecule has 1 aliphatic rings. The number of nitrogens with one attached hydrogen (secondary N) is 1. The van der Waals surface area contributed by atoms with Gasteiger partial charge in [0, 0.05) is 24.3 Å². The Morgan fingerprint density at radius 1 is 1.08 bits per heavy atom. The fourth-order valence-corrected chi connectivity index (χ4v) is 3.13. The highest BCUT2D eigenvalue weighted by Gasteiger charge is 2.26. The van der Waals surface area contributed by atoms with E-state index in [0.29, 0.717) is 23.1 Å². The molecule has 2 rings (SSSR count). The summed E-state index contributed by atoms with van der Waals surface area (Å²) in [6.07, 6.45) is 0.669. The Labute approximate surface area is 144 Å². The minimum atomic E-state index is -0.540. The lowest BCUT2D eigenvalue weighted by atomic mass is 9.91. The zero-order valence-corrected chi connectivity index (χ0v) is 15.3. The van der Waals surface area contributed by atoms with Crippen molar-refractivity contribution in [1.82, 2.24) is 4.90 Å². The van der Waals surface area contributed by atoms with Gasteiger partial charge in [0.25, 0.3) is 5.91 Å². The largest absolute Gasteiger partial charge is 0.444 e. The summed E-state index contributed by atoms with van der Waals surface area (Å²) in [6, 6.07) is 6.96. The van der Waals surface area contributed by atoms with Crippen LogP contribution in [0.3, 0.4) is 0 Å². The number of benzene rings is 1. The molecule has 0 unspecified atom stereocenters. The Kier molecular flexibility index (Phi) is 5.52. The summed E-state index contributed by atoms with van der Waals surface area (Å²) in [7, 11) is 0. The SMILES string of the molecule is C[C@@H]1C[C@@H](C)CN(C(=O)c2ccc(NC(=O)OC(C)(C)C)cc2)C1. The van der Waals surface area contributed by atoms with Gasteiger partial charge in [-0.05, 0) is 63.3 Å². The number of anilines is 1. The fourth-order valence-electron chi connectivity index (χ4n) is 3.13. The summed E-state index contributed by atoms with van der Waals surface area (Å²) in [5.41, 5.74) is 0.717. The lowest BCUT2D eigenvalue weighted by Crippen LogP contribution is -2.42. The highest BCUT2D eigenvalue weighted by atomic mass is 16.6. The first kappa shape index (κ1) is 18.3. The normalized spacial score (nSPS) is 21.3. The van der Waals surface area contributed by atoms with Gasteiger partial charge in [-0.3, -0.25) is 10.1 Å². The van der Waals surface area contributed by atoms with Gasteiger partial charge in [-0.25, -0.2) is 4.79 Å². The number of carbonyl (C=O) groups excluding carboxylic acids is 2. The molecule has 0 radical (unpaired) electrons. The van der Waals surface area contributed by atoms with Crippen molar-refractivity contribution < 1.29 is 14.3 Å². The van der Waals surface area contributed by atoms with E-state index in [9.17, 15) is 9.59 Å². The Morgan fingerprint density at radius 2 is 1.62 bits per heavy atom. The van der Waals surface area contributed by atoms with Crippen molar-refractivity contribution in [2.45, 2.75) is 46.6 Å². The van der Waals surface area contributed by atoms with Gasteiger partial charge in [0.05, 0.1) is 0 Å². The van der Waals surface area contributed by atoms with Gasteiger partial charge in [-0.15, -0.1) is 0 Å². The van der Waals surface area contributed by atoms with Crippen LogP contribution in [0.15, 0.2) is 24.3 Å². The number of ether oxygens (including phenoxy) is 1. The Balaban J connectivity index is 1.98. The molecular formula is C19H28N2O3. The van der Waals surface area contributed by atoms with Crippen LogP contribution in [0.1, 0.15) is 51.4 Å². The third-order valence-corrected chi connectivity index (χ3v) is 3.93. The summed E-state index contributed by atoms with van der Waals surface area (Å²) >= 11 is 0. The number of amides is 2. The number of carbonyl (C=O) groups is 2. The zero-order valence-electron chi connectivity index (χ0n) is 15.3. The standard InChI is InChI=1S/C19H28N2O3/c1-13-10-14(2)12-21(11-13)17(22)15-6-8-16(9-7-15)20-18(23)24-19(3,4)5/h6-9,13-14H,10-12H2,1-5H3,(H,20,23)/t13-,14-/m1/s1. The van der Waals surface area contributed by atoms with Crippen LogP contribution in [0.25, 0.3) is 0 Å². The molecule has 2 atom stereocenters. The smallest absolute Gasteiger partial charge is 0.412 e. The topological polar surface area (TPSA) is 58.6 Å². The van der Waals surface area contributed by atoms with E-state index in [2.05, 4.69) is 19.2 Å². The molecule has 1 aliphatic heterocycles. The monoisotopic (exact) mass is 332 g/mol. The summed E-state index contributed by atoms with van der Waals surface area (Å²) in [4.78, 5) is 26.3. The molecular weight excluding hydrogens is 304 g/mol. The molecule has 0 saturated carbocycles. The van der Waals surface area contributed by atoms with E-state index in [4.69, 9.17) is 4.74 Å². The predicted molar refractivity (Wildman–Crippen MR) is 95.1 cm³/mol. The van der Waals surface area contributed by atoms with Crippen LogP contribution in [-0.4, -0.2) is 35.6 Å². The van der Waals surface area contributed by atoms with Crippen molar-refractivity contribution in [3.63, 3.8) is 0 Å². The van der Waals surface area contributed by atoms with Crippen molar-refractivity contribution in [1.29, 1.82) is 0 Å². The number of hydrogen-bond donors (Lipinski definition) is 1. The molecule has 1 N–H and O–H groups in total. The number of likely N-dealkylation sites (tertiary alicyclic amines) is 1. The van der Waals surface area contributed by atoms with Crippen molar-refractivity contribution in [2.75, 3.05) is 18.4 Å². The van der Waals surface area contributed by atoms with Gasteiger partial charge in [-0.1, -0.05) is 13.8 Å². The molecule has 1 aromatic rings. The summed E-state index contributed by atoms with van der Waals surface area (Å²) in [6.45, 7) is 11.4. The van der Waals surface area contributed by atoms with Crippen LogP contribution in [-0.2, 0) is 4.74 Å². The summed E-state index contributed by atoms with van der Waals surface area (Å²) in [5, 5.41) is 2.67. The van der Waals surface area contributed by atoms with E-state index < -0.39 is 11.7 Å². The zero-order chi connectivity index (χ0) is 17.9. The van der Waals surface area contributed by atoms with Gasteiger partial charge in [0.2, 0.25) is 0 Å². The molecule has 0 aromatic heterocycles. The molecule has 5 heteroatoms. The van der Waals surface area contributed by atoms with Crippen LogP contribution in [0, 0.1) is 11.8 Å². The maximum Gasteiger partial charge on any atom is 0.412 e. The summed E-state index contributed by atoms with van der Waals surface area (Å²) < 4.78 is 5.21. The minimum absolute atomic E-state index is 0.0530. The van der Waals surface area contributed by atoms with E-state index in [1.165, 1.54) is 6.42 Å². The van der Waals surface area contributed by atoms with Crippen molar-refractivity contribution in [3.05, 3.63) is 29.8 Å². The number of hydrogen-bond acceptors (Lipinski definition) is 3. The lowest BCUT2D eigenvalue weighted by molar-refractivity contribution is 0.0620. The molecule has 1 fully saturated rings. The van der Waals surface area contributed by atoms with Crippen molar-refractivity contribution >= 4 is 17.7 Å². The van der Waals surface area contributed by atoms with E-state index in [0.717, 1.165) is 13.1 Å². The molecule has 1 heterocycles. The third kappa shape index (κ3) is 5.25. The lowest BCUT2D eigenvalue weighted by Gasteiger charge is -2.35. The van der Waals surface area contributed by atoms with Gasteiger partial charge in [-0.2, -0.15) is 0 Å². The predicted octanol–water partition coefficient (Wildman–Crippen LogP) is 4.15. The number of nitrogens with zero attached hydrogens (tertiary/aromatic N) is 1. The first-order valence-electron chi connectivity index (χ1n) is 8.53. The highest BCUT2D eigenvalue weighted by molar-refractivity contribution is 5.95. The average molecular weight is 332 g/mol. The highest BCUT2D eigenvalue weighted by Crippen LogP contribution is 2.23. The third-order valence-electron chi connectivity index (χ3n) is 3.93. The van der Waals surface area contributed by atoms with E-state index in [1.54, 1.807) is 24.3 Å². The van der Waals surface area contributed by atoms with Crippen molar-refractivity contribution in [3.8, 4) is 0 Å². The Morgan fingerprint density at radius 3 is 2.12 bits per heavy atom. The molecule has 0 bridgehead atoms. The molecule has 5 nitrogen and oxygen atoms in total. The van der Waals surface area contributed by atoms with Gasteiger partial charge >= 0.3 is 6.09 Å². The van der Waals surface area contributed by atoms with Crippen LogP contribution in [0.5, 0.6) is 0 Å². The number of rotatable bonds is 2. The minimum Gasteiger partial charge on any atom is -0.444 e. The van der Waals surface area contributed by atoms with Gasteiger partial charge in [0.1, 0.15) is 5.60 Å². The first-order chi connectivity index (χ1) is 11.1. The molecule has 0 spiro atoms. The van der Waals surface area contributed by atoms with E-state index in [-0.39, 0.29) is 5.91 Å². The van der Waals surface area contributed by atoms with Crippen LogP contribution in [0.2, 0.25) is 0 Å². The molecule has 2 amide bonds. The second kappa shape index (κ2) is 7.24. The Bertz CT molecular complexity index is 580. The van der Waals surface area contributed by atoms with Crippen molar-refractivity contribution in [2.24, 2.45) is 11.8 Å². The van der Waals surface area contributed by atoms with Gasteiger partial charge in [0.15, 0.2) is 0 Å². The molecule has 1 aromatic carbocycles. The maximum absolute atomic E-state index is 12.6. The molecule has 0 aliphatic carbocycles.